The number of likely N-dealkylation sites (tertiary alicyclic amines) is 1. The Hall–Kier alpha value is -1.46. The minimum atomic E-state index is -0.218. The van der Waals surface area contributed by atoms with Crippen molar-refractivity contribution in [2.24, 2.45) is 17.4 Å². The summed E-state index contributed by atoms with van der Waals surface area (Å²) in [4.78, 5) is 17.7. The third-order valence-corrected chi connectivity index (χ3v) is 3.32. The summed E-state index contributed by atoms with van der Waals surface area (Å²) in [7, 11) is 0. The highest BCUT2D eigenvalue weighted by Crippen LogP contribution is 2.25. The van der Waals surface area contributed by atoms with Crippen LogP contribution in [0.15, 0.2) is 24.4 Å². The lowest BCUT2D eigenvalue weighted by Crippen LogP contribution is -2.34. The van der Waals surface area contributed by atoms with Crippen LogP contribution in [-0.2, 0) is 4.79 Å². The van der Waals surface area contributed by atoms with Crippen LogP contribution in [0, 0.1) is 5.92 Å². The van der Waals surface area contributed by atoms with Crippen LogP contribution >= 0.6 is 0 Å². The van der Waals surface area contributed by atoms with Gasteiger partial charge in [0.1, 0.15) is 0 Å². The fourth-order valence-corrected chi connectivity index (χ4v) is 2.33. The van der Waals surface area contributed by atoms with E-state index in [4.69, 9.17) is 11.5 Å². The molecule has 0 aromatic carbocycles. The zero-order chi connectivity index (χ0) is 12.3. The molecule has 2 atom stereocenters. The van der Waals surface area contributed by atoms with E-state index >= 15 is 0 Å². The average Bonchev–Trinajstić information content (AvgIpc) is 2.81. The summed E-state index contributed by atoms with van der Waals surface area (Å²) in [6.45, 7) is 2.04. The molecule has 2 unspecified atom stereocenters. The van der Waals surface area contributed by atoms with Crippen molar-refractivity contribution in [3.05, 3.63) is 30.1 Å². The van der Waals surface area contributed by atoms with Gasteiger partial charge in [-0.1, -0.05) is 6.07 Å². The fraction of sp³-hybridized carbons (Fsp3) is 0.500. The molecule has 0 saturated carbocycles. The number of aromatic nitrogens is 1. The molecule has 2 heterocycles. The molecule has 0 radical (unpaired) electrons. The molecule has 92 valence electrons. The molecule has 0 bridgehead atoms. The van der Waals surface area contributed by atoms with Crippen LogP contribution in [0.1, 0.15) is 18.2 Å². The highest BCUT2D eigenvalue weighted by atomic mass is 16.1. The molecule has 1 fully saturated rings. The Labute approximate surface area is 101 Å². The normalized spacial score (nSPS) is 22.5. The van der Waals surface area contributed by atoms with Crippen molar-refractivity contribution in [1.29, 1.82) is 0 Å². The van der Waals surface area contributed by atoms with E-state index in [0.29, 0.717) is 13.1 Å². The van der Waals surface area contributed by atoms with E-state index < -0.39 is 0 Å². The largest absolute Gasteiger partial charge is 0.369 e. The number of hydrogen-bond donors (Lipinski definition) is 2. The van der Waals surface area contributed by atoms with Gasteiger partial charge in [-0.2, -0.15) is 0 Å². The number of carbonyl (C=O) groups is 1. The van der Waals surface area contributed by atoms with Crippen molar-refractivity contribution in [1.82, 2.24) is 9.88 Å². The van der Waals surface area contributed by atoms with Gasteiger partial charge in [-0.15, -0.1) is 0 Å². The lowest BCUT2D eigenvalue weighted by Gasteiger charge is -2.25. The maximum atomic E-state index is 11.1. The predicted octanol–water partition coefficient (Wildman–Crippen LogP) is -0.111. The number of nitrogens with two attached hydrogens (primary N) is 2. The van der Waals surface area contributed by atoms with Gasteiger partial charge < -0.3 is 11.5 Å². The molecular formula is C12H18N4O. The van der Waals surface area contributed by atoms with Crippen molar-refractivity contribution in [2.45, 2.75) is 12.5 Å². The maximum absolute atomic E-state index is 11.1. The SMILES string of the molecule is NCC(c1ccccn1)N1CCC(C(N)=O)C1. The first-order chi connectivity index (χ1) is 8.22. The Morgan fingerprint density at radius 3 is 2.94 bits per heavy atom. The van der Waals surface area contributed by atoms with Gasteiger partial charge in [-0.25, -0.2) is 0 Å². The molecule has 5 nitrogen and oxygen atoms in total. The average molecular weight is 234 g/mol. The lowest BCUT2D eigenvalue weighted by atomic mass is 10.1. The van der Waals surface area contributed by atoms with Crippen LogP contribution in [-0.4, -0.2) is 35.4 Å². The number of hydrogen-bond acceptors (Lipinski definition) is 4. The summed E-state index contributed by atoms with van der Waals surface area (Å²) in [5.74, 6) is -0.267. The Bertz CT molecular complexity index is 381. The molecular weight excluding hydrogens is 216 g/mol. The molecule has 1 aromatic heterocycles. The summed E-state index contributed by atoms with van der Waals surface area (Å²) in [6, 6.07) is 5.88. The van der Waals surface area contributed by atoms with Crippen molar-refractivity contribution in [3.63, 3.8) is 0 Å². The van der Waals surface area contributed by atoms with E-state index in [0.717, 1.165) is 18.7 Å². The first-order valence-corrected chi connectivity index (χ1v) is 5.86. The standard InChI is InChI=1S/C12H18N4O/c13-7-11(10-3-1-2-5-15-10)16-6-4-9(8-16)12(14)17/h1-3,5,9,11H,4,6-8,13H2,(H2,14,17). The van der Waals surface area contributed by atoms with Crippen molar-refractivity contribution < 1.29 is 4.79 Å². The van der Waals surface area contributed by atoms with E-state index in [1.54, 1.807) is 6.20 Å². The van der Waals surface area contributed by atoms with Gasteiger partial charge in [-0.3, -0.25) is 14.7 Å². The molecule has 0 aliphatic carbocycles. The molecule has 0 spiro atoms. The summed E-state index contributed by atoms with van der Waals surface area (Å²) in [5, 5.41) is 0. The highest BCUT2D eigenvalue weighted by Gasteiger charge is 2.31. The second kappa shape index (κ2) is 5.25. The molecule has 5 heteroatoms. The Morgan fingerprint density at radius 2 is 2.41 bits per heavy atom. The predicted molar refractivity (Wildman–Crippen MR) is 64.9 cm³/mol. The first-order valence-electron chi connectivity index (χ1n) is 5.86. The Morgan fingerprint density at radius 1 is 1.59 bits per heavy atom. The zero-order valence-electron chi connectivity index (χ0n) is 9.75. The van der Waals surface area contributed by atoms with E-state index in [9.17, 15) is 4.79 Å². The number of pyridine rings is 1. The Kier molecular flexibility index (Phi) is 3.71. The maximum Gasteiger partial charge on any atom is 0.221 e. The summed E-state index contributed by atoms with van der Waals surface area (Å²) < 4.78 is 0. The third-order valence-electron chi connectivity index (χ3n) is 3.32. The summed E-state index contributed by atoms with van der Waals surface area (Å²) in [5.41, 5.74) is 12.1. The second-order valence-electron chi connectivity index (χ2n) is 4.39. The van der Waals surface area contributed by atoms with Gasteiger partial charge in [0.05, 0.1) is 17.7 Å². The topological polar surface area (TPSA) is 85.2 Å². The molecule has 1 amide bonds. The van der Waals surface area contributed by atoms with Crippen molar-refractivity contribution in [2.75, 3.05) is 19.6 Å². The van der Waals surface area contributed by atoms with Gasteiger partial charge >= 0.3 is 0 Å². The van der Waals surface area contributed by atoms with Gasteiger partial charge in [-0.05, 0) is 25.1 Å². The number of primary amides is 1. The molecule has 1 saturated heterocycles. The molecule has 1 aromatic rings. The molecule has 17 heavy (non-hydrogen) atoms. The van der Waals surface area contributed by atoms with Gasteiger partial charge in [0.15, 0.2) is 0 Å². The van der Waals surface area contributed by atoms with E-state index in [2.05, 4.69) is 9.88 Å². The minimum Gasteiger partial charge on any atom is -0.369 e. The van der Waals surface area contributed by atoms with Crippen molar-refractivity contribution >= 4 is 5.91 Å². The number of rotatable bonds is 4. The highest BCUT2D eigenvalue weighted by molar-refractivity contribution is 5.77. The van der Waals surface area contributed by atoms with Crippen LogP contribution in [0.4, 0.5) is 0 Å². The van der Waals surface area contributed by atoms with E-state index in [-0.39, 0.29) is 17.9 Å². The van der Waals surface area contributed by atoms with E-state index in [1.165, 1.54) is 0 Å². The molecule has 4 N–H and O–H groups in total. The van der Waals surface area contributed by atoms with Gasteiger partial charge in [0.25, 0.3) is 0 Å². The van der Waals surface area contributed by atoms with Crippen molar-refractivity contribution in [3.8, 4) is 0 Å². The van der Waals surface area contributed by atoms with Crippen LogP contribution in [0.3, 0.4) is 0 Å². The monoisotopic (exact) mass is 234 g/mol. The van der Waals surface area contributed by atoms with Crippen LogP contribution < -0.4 is 11.5 Å². The lowest BCUT2D eigenvalue weighted by molar-refractivity contribution is -0.121. The number of amides is 1. The van der Waals surface area contributed by atoms with Crippen LogP contribution in [0.5, 0.6) is 0 Å². The van der Waals surface area contributed by atoms with Crippen LogP contribution in [0.25, 0.3) is 0 Å². The Balaban J connectivity index is 2.08. The quantitative estimate of drug-likeness (QED) is 0.761. The first kappa shape index (κ1) is 12.0. The molecule has 1 aliphatic rings. The van der Waals surface area contributed by atoms with E-state index in [1.807, 2.05) is 18.2 Å². The minimum absolute atomic E-state index is 0.0484. The molecule has 1 aliphatic heterocycles. The van der Waals surface area contributed by atoms with Gasteiger partial charge in [0.2, 0.25) is 5.91 Å². The van der Waals surface area contributed by atoms with Crippen LogP contribution in [0.2, 0.25) is 0 Å². The summed E-state index contributed by atoms with van der Waals surface area (Å²) in [6.07, 6.45) is 2.58. The number of carbonyl (C=O) groups excluding carboxylic acids is 1. The molecule has 2 rings (SSSR count). The smallest absolute Gasteiger partial charge is 0.221 e. The van der Waals surface area contributed by atoms with Gasteiger partial charge in [0, 0.05) is 19.3 Å². The third kappa shape index (κ3) is 2.62. The fourth-order valence-electron chi connectivity index (χ4n) is 2.33. The zero-order valence-corrected chi connectivity index (χ0v) is 9.75. The summed E-state index contributed by atoms with van der Waals surface area (Å²) >= 11 is 0. The second-order valence-corrected chi connectivity index (χ2v) is 4.39. The number of nitrogens with zero attached hydrogens (tertiary/aromatic N) is 2.